The van der Waals surface area contributed by atoms with Crippen molar-refractivity contribution in [3.63, 3.8) is 0 Å². The summed E-state index contributed by atoms with van der Waals surface area (Å²) in [6, 6.07) is 21.6. The summed E-state index contributed by atoms with van der Waals surface area (Å²) < 4.78 is 7.25. The highest BCUT2D eigenvalue weighted by Crippen LogP contribution is 2.36. The number of thiazole rings is 1. The summed E-state index contributed by atoms with van der Waals surface area (Å²) in [6.45, 7) is 3.53. The fourth-order valence-corrected chi connectivity index (χ4v) is 7.56. The van der Waals surface area contributed by atoms with Gasteiger partial charge < -0.3 is 9.72 Å². The Kier molecular flexibility index (Phi) is 9.57. The number of hydrogen-bond donors (Lipinski definition) is 1. The normalized spacial score (nSPS) is 14.4. The third kappa shape index (κ3) is 6.68. The number of aromatic amines is 1. The molecule has 6 rings (SSSR count). The van der Waals surface area contributed by atoms with Gasteiger partial charge >= 0.3 is 5.97 Å². The van der Waals surface area contributed by atoms with Crippen LogP contribution in [0.3, 0.4) is 0 Å². The van der Waals surface area contributed by atoms with Gasteiger partial charge in [0.1, 0.15) is 0 Å². The minimum absolute atomic E-state index is 0.126. The topological polar surface area (TPSA) is 150 Å². The van der Waals surface area contributed by atoms with Gasteiger partial charge in [-0.3, -0.25) is 24.3 Å². The molecule has 1 N–H and O–H groups in total. The van der Waals surface area contributed by atoms with E-state index in [0.29, 0.717) is 42.9 Å². The van der Waals surface area contributed by atoms with Crippen molar-refractivity contribution in [1.29, 1.82) is 0 Å². The number of nitrogens with zero attached hydrogens (tertiary/aromatic N) is 4. The molecule has 48 heavy (non-hydrogen) atoms. The average molecular weight is 698 g/mol. The maximum Gasteiger partial charge on any atom is 0.338 e. The SMILES string of the molecule is CCOC(=O)C1=C(c2ccccc2)N=c2s/c(=C/c3cc([N+](=O)[O-])ccc3Sc3nc(C)cc(=O)[nH]3)c(=O)n2[C@@H]1c1ccc(SC)cc1. The largest absolute Gasteiger partial charge is 0.463 e. The van der Waals surface area contributed by atoms with Crippen molar-refractivity contribution in [2.75, 3.05) is 12.9 Å². The monoisotopic (exact) mass is 697 g/mol. The number of aromatic nitrogens is 3. The van der Waals surface area contributed by atoms with Gasteiger partial charge in [-0.2, -0.15) is 0 Å². The molecule has 0 aliphatic carbocycles. The van der Waals surface area contributed by atoms with Gasteiger partial charge in [-0.25, -0.2) is 14.8 Å². The number of aryl methyl sites for hydroxylation is 1. The van der Waals surface area contributed by atoms with E-state index in [9.17, 15) is 24.5 Å². The van der Waals surface area contributed by atoms with Crippen LogP contribution in [-0.2, 0) is 9.53 Å². The number of rotatable bonds is 9. The number of nitrogens with one attached hydrogen (secondary N) is 1. The first kappa shape index (κ1) is 32.9. The zero-order chi connectivity index (χ0) is 33.9. The highest BCUT2D eigenvalue weighted by Gasteiger charge is 2.35. The number of esters is 1. The molecule has 1 aliphatic rings. The van der Waals surface area contributed by atoms with Gasteiger partial charge in [0.2, 0.25) is 0 Å². The molecule has 1 atom stereocenters. The Morgan fingerprint density at radius 1 is 1.10 bits per heavy atom. The molecule has 0 radical (unpaired) electrons. The van der Waals surface area contributed by atoms with E-state index in [1.54, 1.807) is 37.8 Å². The number of ether oxygens (including phenoxy) is 1. The number of nitro groups is 1. The third-order valence-corrected chi connectivity index (χ3v) is 10.1. The van der Waals surface area contributed by atoms with Crippen molar-refractivity contribution in [2.24, 2.45) is 4.99 Å². The Bertz CT molecular complexity index is 2330. The minimum Gasteiger partial charge on any atom is -0.463 e. The summed E-state index contributed by atoms with van der Waals surface area (Å²) in [5.41, 5.74) is 1.92. The molecule has 2 aromatic heterocycles. The zero-order valence-corrected chi connectivity index (χ0v) is 28.3. The number of carbonyl (C=O) groups is 1. The Balaban J connectivity index is 1.61. The van der Waals surface area contributed by atoms with E-state index in [4.69, 9.17) is 9.73 Å². The van der Waals surface area contributed by atoms with Gasteiger partial charge in [-0.15, -0.1) is 11.8 Å². The highest BCUT2D eigenvalue weighted by atomic mass is 32.2. The Morgan fingerprint density at radius 2 is 1.85 bits per heavy atom. The first-order valence-corrected chi connectivity index (χ1v) is 17.5. The van der Waals surface area contributed by atoms with Crippen molar-refractivity contribution in [1.82, 2.24) is 14.5 Å². The summed E-state index contributed by atoms with van der Waals surface area (Å²) in [6.07, 6.45) is 3.53. The number of hydrogen-bond acceptors (Lipinski definition) is 11. The van der Waals surface area contributed by atoms with E-state index in [1.807, 2.05) is 60.9 Å². The lowest BCUT2D eigenvalue weighted by Crippen LogP contribution is -2.40. The molecule has 0 spiro atoms. The summed E-state index contributed by atoms with van der Waals surface area (Å²) in [4.78, 5) is 65.2. The summed E-state index contributed by atoms with van der Waals surface area (Å²) in [5.74, 6) is -0.592. The molecule has 242 valence electrons. The molecule has 0 fully saturated rings. The summed E-state index contributed by atoms with van der Waals surface area (Å²) in [5, 5.41) is 12.1. The molecule has 3 aromatic carbocycles. The van der Waals surface area contributed by atoms with Crippen molar-refractivity contribution in [2.45, 2.75) is 34.8 Å². The predicted octanol–water partition coefficient (Wildman–Crippen LogP) is 5.11. The van der Waals surface area contributed by atoms with Crippen LogP contribution < -0.4 is 20.5 Å². The van der Waals surface area contributed by atoms with E-state index in [1.165, 1.54) is 22.8 Å². The maximum absolute atomic E-state index is 14.4. The molecule has 0 saturated carbocycles. The molecule has 0 bridgehead atoms. The van der Waals surface area contributed by atoms with Crippen LogP contribution in [0.15, 0.2) is 114 Å². The number of non-ortho nitro benzene ring substituents is 1. The predicted molar refractivity (Wildman–Crippen MR) is 186 cm³/mol. The van der Waals surface area contributed by atoms with E-state index < -0.39 is 22.5 Å². The number of fused-ring (bicyclic) bond motifs is 1. The standard InChI is InChI=1S/C34H27N5O6S3/c1-4-45-32(42)28-29(20-8-6-5-7-9-20)37-34-38(30(28)21-10-13-24(46-3)14-11-21)31(41)26(48-34)18-22-17-23(39(43)44)12-15-25(22)47-33-35-19(2)16-27(40)36-33/h5-18,30H,4H2,1-3H3,(H,35,36,40)/b26-18+/t30-/m1/s1. The molecule has 0 amide bonds. The van der Waals surface area contributed by atoms with Crippen LogP contribution in [-0.4, -0.2) is 38.3 Å². The number of H-pyrrole nitrogens is 1. The smallest absolute Gasteiger partial charge is 0.338 e. The van der Waals surface area contributed by atoms with Gasteiger partial charge in [0.25, 0.3) is 16.8 Å². The maximum atomic E-state index is 14.4. The quantitative estimate of drug-likeness (QED) is 0.0729. The van der Waals surface area contributed by atoms with Crippen molar-refractivity contribution >= 4 is 58.3 Å². The first-order valence-electron chi connectivity index (χ1n) is 14.6. The molecule has 3 heterocycles. The van der Waals surface area contributed by atoms with E-state index in [0.717, 1.165) is 28.0 Å². The number of benzene rings is 3. The third-order valence-electron chi connectivity index (χ3n) is 7.35. The van der Waals surface area contributed by atoms with Crippen LogP contribution in [0.5, 0.6) is 0 Å². The van der Waals surface area contributed by atoms with Crippen LogP contribution in [0.2, 0.25) is 0 Å². The lowest BCUT2D eigenvalue weighted by molar-refractivity contribution is -0.384. The second-order valence-electron chi connectivity index (χ2n) is 10.5. The molecule has 1 aliphatic heterocycles. The fourth-order valence-electron chi connectivity index (χ4n) is 5.24. The van der Waals surface area contributed by atoms with Crippen LogP contribution in [0.1, 0.15) is 35.3 Å². The van der Waals surface area contributed by atoms with Gasteiger partial charge in [0, 0.05) is 39.2 Å². The summed E-state index contributed by atoms with van der Waals surface area (Å²) in [7, 11) is 0. The number of nitro benzene ring substituents is 1. The molecule has 0 saturated heterocycles. The van der Waals surface area contributed by atoms with Gasteiger partial charge in [-0.05, 0) is 55.5 Å². The lowest BCUT2D eigenvalue weighted by Gasteiger charge is -2.26. The molecular formula is C34H27N5O6S3. The van der Waals surface area contributed by atoms with E-state index in [2.05, 4.69) is 9.97 Å². The number of thioether (sulfide) groups is 1. The van der Waals surface area contributed by atoms with Crippen molar-refractivity contribution in [3.05, 3.63) is 147 Å². The van der Waals surface area contributed by atoms with E-state index in [-0.39, 0.29) is 28.0 Å². The molecular weight excluding hydrogens is 671 g/mol. The first-order chi connectivity index (χ1) is 23.2. The van der Waals surface area contributed by atoms with E-state index >= 15 is 0 Å². The number of carbonyl (C=O) groups excluding carboxylic acids is 1. The second-order valence-corrected chi connectivity index (χ2v) is 13.4. The molecule has 0 unspecified atom stereocenters. The molecule has 5 aromatic rings. The Morgan fingerprint density at radius 3 is 2.52 bits per heavy atom. The Hall–Kier alpha value is -5.05. The molecule has 11 nitrogen and oxygen atoms in total. The van der Waals surface area contributed by atoms with Gasteiger partial charge in [0.15, 0.2) is 9.96 Å². The van der Waals surface area contributed by atoms with Gasteiger partial charge in [0.05, 0.1) is 33.4 Å². The van der Waals surface area contributed by atoms with Crippen LogP contribution >= 0.6 is 34.9 Å². The minimum atomic E-state index is -0.867. The van der Waals surface area contributed by atoms with Gasteiger partial charge in [-0.1, -0.05) is 65.6 Å². The summed E-state index contributed by atoms with van der Waals surface area (Å²) >= 11 is 3.79. The van der Waals surface area contributed by atoms with Crippen LogP contribution in [0.25, 0.3) is 11.8 Å². The lowest BCUT2D eigenvalue weighted by atomic mass is 9.93. The van der Waals surface area contributed by atoms with Crippen molar-refractivity contribution < 1.29 is 14.5 Å². The highest BCUT2D eigenvalue weighted by molar-refractivity contribution is 7.99. The average Bonchev–Trinajstić information content (AvgIpc) is 3.38. The fraction of sp³-hybridized carbons (Fsp3) is 0.147. The Labute approximate surface area is 285 Å². The molecule has 14 heteroatoms. The second kappa shape index (κ2) is 14.0. The van der Waals surface area contributed by atoms with Crippen LogP contribution in [0.4, 0.5) is 5.69 Å². The zero-order valence-electron chi connectivity index (χ0n) is 25.8. The van der Waals surface area contributed by atoms with Crippen molar-refractivity contribution in [3.8, 4) is 0 Å². The van der Waals surface area contributed by atoms with Crippen LogP contribution in [0, 0.1) is 17.0 Å².